The van der Waals surface area contributed by atoms with Gasteiger partial charge in [0.1, 0.15) is 0 Å². The van der Waals surface area contributed by atoms with E-state index < -0.39 is 0 Å². The molecule has 1 amide bonds. The number of fused-ring (bicyclic) bond motifs is 1. The van der Waals surface area contributed by atoms with Crippen LogP contribution >= 0.6 is 0 Å². The van der Waals surface area contributed by atoms with Gasteiger partial charge < -0.3 is 0 Å². The summed E-state index contributed by atoms with van der Waals surface area (Å²) in [6.07, 6.45) is 9.42. The van der Waals surface area contributed by atoms with Gasteiger partial charge in [-0.25, -0.2) is 4.99 Å². The van der Waals surface area contributed by atoms with Crippen molar-refractivity contribution in [3.63, 3.8) is 0 Å². The van der Waals surface area contributed by atoms with Crippen LogP contribution < -0.4 is 0 Å². The van der Waals surface area contributed by atoms with Crippen molar-refractivity contribution < 1.29 is 4.79 Å². The first kappa shape index (κ1) is 7.22. The molecule has 0 saturated heterocycles. The number of nitrogens with zero attached hydrogens (tertiary/aromatic N) is 1. The zero-order valence-electron chi connectivity index (χ0n) is 6.82. The lowest BCUT2D eigenvalue weighted by molar-refractivity contribution is -0.113. The second-order valence-electron chi connectivity index (χ2n) is 2.98. The highest BCUT2D eigenvalue weighted by Gasteiger charge is 2.20. The summed E-state index contributed by atoms with van der Waals surface area (Å²) in [5.74, 6) is 0.0893. The summed E-state index contributed by atoms with van der Waals surface area (Å²) >= 11 is 0. The molecule has 0 radical (unpaired) electrons. The van der Waals surface area contributed by atoms with Gasteiger partial charge in [-0.2, -0.15) is 0 Å². The Morgan fingerprint density at radius 2 is 2.25 bits per heavy atom. The Hall–Kier alpha value is -1.44. The molecule has 0 saturated carbocycles. The van der Waals surface area contributed by atoms with Gasteiger partial charge in [0.15, 0.2) is 0 Å². The van der Waals surface area contributed by atoms with E-state index in [-0.39, 0.29) is 11.8 Å². The molecule has 0 N–H and O–H groups in total. The van der Waals surface area contributed by atoms with E-state index in [4.69, 9.17) is 0 Å². The van der Waals surface area contributed by atoms with Crippen LogP contribution in [0.25, 0.3) is 0 Å². The molecule has 2 heteroatoms. The summed E-state index contributed by atoms with van der Waals surface area (Å²) in [5, 5.41) is 0. The molecule has 0 aromatic carbocycles. The molecule has 0 fully saturated rings. The van der Waals surface area contributed by atoms with Gasteiger partial charge in [0.2, 0.25) is 0 Å². The maximum absolute atomic E-state index is 11.0. The minimum Gasteiger partial charge on any atom is -0.267 e. The molecule has 0 aromatic rings. The molecule has 1 aliphatic heterocycles. The molecular formula is C10H9NO. The van der Waals surface area contributed by atoms with Crippen LogP contribution in [0.4, 0.5) is 0 Å². The number of dihydropyridines is 1. The number of aliphatic imine (C=N–C) groups is 1. The minimum absolute atomic E-state index is 0.140. The molecular weight excluding hydrogens is 150 g/mol. The summed E-state index contributed by atoms with van der Waals surface area (Å²) < 4.78 is 0. The van der Waals surface area contributed by atoms with E-state index in [0.717, 1.165) is 11.3 Å². The average Bonchev–Trinajstić information content (AvgIpc) is 2.04. The highest BCUT2D eigenvalue weighted by Crippen LogP contribution is 2.22. The molecule has 0 bridgehead atoms. The average molecular weight is 159 g/mol. The van der Waals surface area contributed by atoms with E-state index in [2.05, 4.69) is 11.1 Å². The Balaban J connectivity index is 2.44. The van der Waals surface area contributed by atoms with Crippen molar-refractivity contribution in [2.75, 3.05) is 0 Å². The molecule has 1 unspecified atom stereocenters. The van der Waals surface area contributed by atoms with Crippen LogP contribution in [-0.4, -0.2) is 11.6 Å². The lowest BCUT2D eigenvalue weighted by atomic mass is 9.89. The van der Waals surface area contributed by atoms with Gasteiger partial charge in [0.05, 0.1) is 5.71 Å². The van der Waals surface area contributed by atoms with Gasteiger partial charge in [-0.3, -0.25) is 4.79 Å². The van der Waals surface area contributed by atoms with Crippen molar-refractivity contribution in [1.82, 2.24) is 0 Å². The quantitative estimate of drug-likeness (QED) is 0.528. The van der Waals surface area contributed by atoms with E-state index in [1.807, 2.05) is 25.2 Å². The van der Waals surface area contributed by atoms with Crippen LogP contribution in [0.15, 0.2) is 40.9 Å². The van der Waals surface area contributed by atoms with Crippen molar-refractivity contribution >= 4 is 11.6 Å². The van der Waals surface area contributed by atoms with Gasteiger partial charge in [-0.1, -0.05) is 23.8 Å². The fourth-order valence-electron chi connectivity index (χ4n) is 1.47. The lowest BCUT2D eigenvalue weighted by Gasteiger charge is -2.18. The topological polar surface area (TPSA) is 29.4 Å². The number of carbonyl (C=O) groups excluding carboxylic acids is 1. The summed E-state index contributed by atoms with van der Waals surface area (Å²) in [6.45, 7) is 1.96. The van der Waals surface area contributed by atoms with Crippen molar-refractivity contribution in [2.24, 2.45) is 10.9 Å². The first-order valence-electron chi connectivity index (χ1n) is 3.93. The summed E-state index contributed by atoms with van der Waals surface area (Å²) in [4.78, 5) is 14.9. The number of hydrogen-bond acceptors (Lipinski definition) is 1. The first-order valence-corrected chi connectivity index (χ1v) is 3.93. The standard InChI is InChI=1S/C10H9NO/c1-7-6-10(12)11-9-5-3-2-4-8(7)9/h2-6,8H,1H3. The van der Waals surface area contributed by atoms with Gasteiger partial charge >= 0.3 is 0 Å². The van der Waals surface area contributed by atoms with Gasteiger partial charge in [-0.15, -0.1) is 0 Å². The highest BCUT2D eigenvalue weighted by atomic mass is 16.1. The fourth-order valence-corrected chi connectivity index (χ4v) is 1.47. The predicted octanol–water partition coefficient (Wildman–Crippen LogP) is 1.66. The molecule has 0 spiro atoms. The summed E-state index contributed by atoms with van der Waals surface area (Å²) in [5.41, 5.74) is 1.94. The maximum Gasteiger partial charge on any atom is 0.269 e. The molecule has 1 heterocycles. The van der Waals surface area contributed by atoms with Crippen LogP contribution in [0.5, 0.6) is 0 Å². The van der Waals surface area contributed by atoms with Crippen LogP contribution in [0, 0.1) is 5.92 Å². The molecule has 2 aliphatic rings. The van der Waals surface area contributed by atoms with Gasteiger partial charge in [0.25, 0.3) is 5.91 Å². The van der Waals surface area contributed by atoms with Crippen LogP contribution in [-0.2, 0) is 4.79 Å². The van der Waals surface area contributed by atoms with Crippen molar-refractivity contribution in [3.05, 3.63) is 36.0 Å². The van der Waals surface area contributed by atoms with E-state index in [1.54, 1.807) is 6.08 Å². The minimum atomic E-state index is -0.140. The van der Waals surface area contributed by atoms with Crippen molar-refractivity contribution in [1.29, 1.82) is 0 Å². The van der Waals surface area contributed by atoms with Gasteiger partial charge in [0, 0.05) is 12.0 Å². The van der Waals surface area contributed by atoms with E-state index in [9.17, 15) is 4.79 Å². The zero-order valence-corrected chi connectivity index (χ0v) is 6.82. The number of allylic oxidation sites excluding steroid dienone is 5. The van der Waals surface area contributed by atoms with E-state index in [0.29, 0.717) is 0 Å². The van der Waals surface area contributed by atoms with E-state index >= 15 is 0 Å². The Kier molecular flexibility index (Phi) is 1.54. The second-order valence-corrected chi connectivity index (χ2v) is 2.98. The molecule has 0 aromatic heterocycles. The van der Waals surface area contributed by atoms with Crippen molar-refractivity contribution in [2.45, 2.75) is 6.92 Å². The molecule has 60 valence electrons. The molecule has 2 rings (SSSR count). The lowest BCUT2D eigenvalue weighted by Crippen LogP contribution is -2.19. The third-order valence-corrected chi connectivity index (χ3v) is 2.08. The van der Waals surface area contributed by atoms with Crippen LogP contribution in [0.2, 0.25) is 0 Å². The number of amides is 1. The smallest absolute Gasteiger partial charge is 0.267 e. The molecule has 1 aliphatic carbocycles. The summed E-state index contributed by atoms with van der Waals surface area (Å²) in [6, 6.07) is 0. The molecule has 2 nitrogen and oxygen atoms in total. The largest absolute Gasteiger partial charge is 0.269 e. The maximum atomic E-state index is 11.0. The fraction of sp³-hybridized carbons (Fsp3) is 0.200. The zero-order chi connectivity index (χ0) is 8.55. The predicted molar refractivity (Wildman–Crippen MR) is 48.0 cm³/mol. The molecule has 12 heavy (non-hydrogen) atoms. The third-order valence-electron chi connectivity index (χ3n) is 2.08. The van der Waals surface area contributed by atoms with Crippen LogP contribution in [0.3, 0.4) is 0 Å². The Morgan fingerprint density at radius 1 is 1.42 bits per heavy atom. The first-order chi connectivity index (χ1) is 5.77. The number of rotatable bonds is 0. The number of hydrogen-bond donors (Lipinski definition) is 0. The van der Waals surface area contributed by atoms with E-state index in [1.165, 1.54) is 0 Å². The molecule has 1 atom stereocenters. The Bertz CT molecular complexity index is 345. The third kappa shape index (κ3) is 1.05. The van der Waals surface area contributed by atoms with Crippen LogP contribution in [0.1, 0.15) is 6.92 Å². The van der Waals surface area contributed by atoms with Gasteiger partial charge in [-0.05, 0) is 13.0 Å². The SMILES string of the molecule is CC1=CC(=O)N=C2C=CC=CC12. The summed E-state index contributed by atoms with van der Waals surface area (Å²) in [7, 11) is 0. The Labute approximate surface area is 71.0 Å². The number of carbonyl (C=O) groups is 1. The van der Waals surface area contributed by atoms with Crippen molar-refractivity contribution in [3.8, 4) is 0 Å². The second kappa shape index (κ2) is 2.55. The highest BCUT2D eigenvalue weighted by molar-refractivity contribution is 6.12. The Morgan fingerprint density at radius 3 is 3.08 bits per heavy atom. The normalized spacial score (nSPS) is 26.4. The monoisotopic (exact) mass is 159 g/mol.